The zero-order valence-corrected chi connectivity index (χ0v) is 17.1. The van der Waals surface area contributed by atoms with E-state index in [0.29, 0.717) is 43.3 Å². The second-order valence-corrected chi connectivity index (χ2v) is 7.50. The monoisotopic (exact) mass is 424 g/mol. The second-order valence-electron chi connectivity index (χ2n) is 7.50. The second kappa shape index (κ2) is 8.67. The summed E-state index contributed by atoms with van der Waals surface area (Å²) in [6.07, 6.45) is 0. The quantitative estimate of drug-likeness (QED) is 0.646. The van der Waals surface area contributed by atoms with Crippen molar-refractivity contribution in [2.75, 3.05) is 31.1 Å². The van der Waals surface area contributed by atoms with E-state index in [4.69, 9.17) is 0 Å². The number of aryl methyl sites for hydroxylation is 1. The van der Waals surface area contributed by atoms with Crippen molar-refractivity contribution in [3.05, 3.63) is 82.3 Å². The minimum absolute atomic E-state index is 0.143. The van der Waals surface area contributed by atoms with Crippen LogP contribution in [0.5, 0.6) is 0 Å². The van der Waals surface area contributed by atoms with Crippen molar-refractivity contribution in [3.8, 4) is 11.4 Å². The van der Waals surface area contributed by atoms with Crippen molar-refractivity contribution in [2.24, 2.45) is 0 Å². The molecule has 1 amide bonds. The fraction of sp³-hybridized carbons (Fsp3) is 0.261. The molecular weight excluding hydrogens is 402 g/mol. The van der Waals surface area contributed by atoms with Gasteiger partial charge in [-0.3, -0.25) is 14.2 Å². The van der Waals surface area contributed by atoms with Crippen LogP contribution in [-0.2, 0) is 11.3 Å². The van der Waals surface area contributed by atoms with E-state index in [2.05, 4.69) is 9.88 Å². The third-order valence-corrected chi connectivity index (χ3v) is 5.36. The topological polar surface area (TPSA) is 58.4 Å². The molecule has 1 aliphatic rings. The Morgan fingerprint density at radius 1 is 0.935 bits per heavy atom. The van der Waals surface area contributed by atoms with Gasteiger partial charge in [-0.2, -0.15) is 0 Å². The number of aromatic nitrogens is 2. The van der Waals surface area contributed by atoms with E-state index in [-0.39, 0.29) is 29.6 Å². The summed E-state index contributed by atoms with van der Waals surface area (Å²) in [6.45, 7) is 3.78. The molecule has 31 heavy (non-hydrogen) atoms. The Hall–Kier alpha value is -3.55. The smallest absolute Gasteiger partial charge is 0.254 e. The van der Waals surface area contributed by atoms with Gasteiger partial charge in [-0.25, -0.2) is 13.8 Å². The molecule has 0 atom stereocenters. The molecule has 1 fully saturated rings. The van der Waals surface area contributed by atoms with Gasteiger partial charge in [0.05, 0.1) is 0 Å². The van der Waals surface area contributed by atoms with Gasteiger partial charge in [0.25, 0.3) is 5.56 Å². The van der Waals surface area contributed by atoms with Gasteiger partial charge in [-0.1, -0.05) is 0 Å². The SMILES string of the molecule is Cc1cc(=O)n(CC(=O)N2CCN(c3ccc(F)cc3)CC2)c(-c2ccc(F)cc2)n1. The van der Waals surface area contributed by atoms with Gasteiger partial charge in [0.1, 0.15) is 24.0 Å². The Morgan fingerprint density at radius 2 is 1.52 bits per heavy atom. The summed E-state index contributed by atoms with van der Waals surface area (Å²) in [4.78, 5) is 33.8. The number of rotatable bonds is 4. The van der Waals surface area contributed by atoms with Crippen LogP contribution in [0.15, 0.2) is 59.4 Å². The minimum Gasteiger partial charge on any atom is -0.368 e. The molecule has 1 saturated heterocycles. The van der Waals surface area contributed by atoms with E-state index >= 15 is 0 Å². The third kappa shape index (κ3) is 4.63. The molecule has 1 aromatic heterocycles. The molecule has 0 unspecified atom stereocenters. The summed E-state index contributed by atoms with van der Waals surface area (Å²) in [7, 11) is 0. The highest BCUT2D eigenvalue weighted by Crippen LogP contribution is 2.19. The lowest BCUT2D eigenvalue weighted by Gasteiger charge is -2.36. The first-order valence-corrected chi connectivity index (χ1v) is 10.0. The first-order chi connectivity index (χ1) is 14.9. The summed E-state index contributed by atoms with van der Waals surface area (Å²) < 4.78 is 27.8. The molecule has 0 radical (unpaired) electrons. The third-order valence-electron chi connectivity index (χ3n) is 5.36. The largest absolute Gasteiger partial charge is 0.368 e. The lowest BCUT2D eigenvalue weighted by Crippen LogP contribution is -2.50. The molecule has 3 aromatic rings. The number of benzene rings is 2. The zero-order chi connectivity index (χ0) is 22.0. The number of anilines is 1. The molecule has 0 N–H and O–H groups in total. The normalized spacial score (nSPS) is 14.0. The number of carbonyl (C=O) groups excluding carboxylic acids is 1. The van der Waals surface area contributed by atoms with Crippen LogP contribution in [-0.4, -0.2) is 46.5 Å². The minimum atomic E-state index is -0.389. The maximum atomic E-state index is 13.3. The van der Waals surface area contributed by atoms with Crippen molar-refractivity contribution in [3.63, 3.8) is 0 Å². The summed E-state index contributed by atoms with van der Waals surface area (Å²) in [5, 5.41) is 0. The van der Waals surface area contributed by atoms with Crippen molar-refractivity contribution in [1.29, 1.82) is 0 Å². The molecule has 2 aromatic carbocycles. The van der Waals surface area contributed by atoms with Crippen molar-refractivity contribution in [1.82, 2.24) is 14.5 Å². The Morgan fingerprint density at radius 3 is 2.13 bits per heavy atom. The highest BCUT2D eigenvalue weighted by Gasteiger charge is 2.23. The average molecular weight is 424 g/mol. The molecule has 0 bridgehead atoms. The van der Waals surface area contributed by atoms with Crippen LogP contribution in [0, 0.1) is 18.6 Å². The maximum Gasteiger partial charge on any atom is 0.254 e. The molecular formula is C23H22F2N4O2. The van der Waals surface area contributed by atoms with Gasteiger partial charge in [-0.05, 0) is 55.5 Å². The summed E-state index contributed by atoms with van der Waals surface area (Å²) in [5.41, 5.74) is 1.67. The van der Waals surface area contributed by atoms with E-state index in [1.807, 2.05) is 0 Å². The predicted octanol–water partition coefficient (Wildman–Crippen LogP) is 2.85. The molecule has 6 nitrogen and oxygen atoms in total. The highest BCUT2D eigenvalue weighted by molar-refractivity contribution is 5.77. The van der Waals surface area contributed by atoms with Crippen LogP contribution in [0.3, 0.4) is 0 Å². The fourth-order valence-corrected chi connectivity index (χ4v) is 3.69. The first-order valence-electron chi connectivity index (χ1n) is 10.0. The molecule has 160 valence electrons. The van der Waals surface area contributed by atoms with Gasteiger partial charge < -0.3 is 9.80 Å². The van der Waals surface area contributed by atoms with E-state index in [0.717, 1.165) is 5.69 Å². The van der Waals surface area contributed by atoms with Gasteiger partial charge in [0.15, 0.2) is 0 Å². The maximum absolute atomic E-state index is 13.3. The van der Waals surface area contributed by atoms with Gasteiger partial charge >= 0.3 is 0 Å². The highest BCUT2D eigenvalue weighted by atomic mass is 19.1. The first kappa shape index (κ1) is 20.7. The Bertz CT molecular complexity index is 1140. The van der Waals surface area contributed by atoms with Crippen LogP contribution >= 0.6 is 0 Å². The molecule has 8 heteroatoms. The van der Waals surface area contributed by atoms with Crippen LogP contribution in [0.4, 0.5) is 14.5 Å². The number of amides is 1. The molecule has 4 rings (SSSR count). The summed E-state index contributed by atoms with van der Waals surface area (Å²) in [5.74, 6) is -0.523. The lowest BCUT2D eigenvalue weighted by molar-refractivity contribution is -0.132. The van der Waals surface area contributed by atoms with Gasteiger partial charge in [-0.15, -0.1) is 0 Å². The zero-order valence-electron chi connectivity index (χ0n) is 17.1. The Labute approximate surface area is 178 Å². The Kier molecular flexibility index (Phi) is 5.79. The van der Waals surface area contributed by atoms with Crippen molar-refractivity contribution < 1.29 is 13.6 Å². The molecule has 2 heterocycles. The molecule has 1 aliphatic heterocycles. The van der Waals surface area contributed by atoms with E-state index in [1.54, 1.807) is 36.1 Å². The van der Waals surface area contributed by atoms with Crippen LogP contribution in [0.2, 0.25) is 0 Å². The van der Waals surface area contributed by atoms with E-state index < -0.39 is 0 Å². The number of piperazine rings is 1. The molecule has 0 aliphatic carbocycles. The van der Waals surface area contributed by atoms with E-state index in [9.17, 15) is 18.4 Å². The van der Waals surface area contributed by atoms with Gasteiger partial charge in [0.2, 0.25) is 5.91 Å². The van der Waals surface area contributed by atoms with Crippen LogP contribution < -0.4 is 10.5 Å². The fourth-order valence-electron chi connectivity index (χ4n) is 3.69. The van der Waals surface area contributed by atoms with Crippen LogP contribution in [0.25, 0.3) is 11.4 Å². The number of hydrogen-bond donors (Lipinski definition) is 0. The predicted molar refractivity (Wildman–Crippen MR) is 114 cm³/mol. The Balaban J connectivity index is 1.49. The number of nitrogens with zero attached hydrogens (tertiary/aromatic N) is 4. The number of hydrogen-bond acceptors (Lipinski definition) is 4. The van der Waals surface area contributed by atoms with Crippen molar-refractivity contribution in [2.45, 2.75) is 13.5 Å². The number of carbonyl (C=O) groups is 1. The number of halogens is 2. The summed E-state index contributed by atoms with van der Waals surface area (Å²) >= 11 is 0. The van der Waals surface area contributed by atoms with Crippen LogP contribution in [0.1, 0.15) is 5.69 Å². The van der Waals surface area contributed by atoms with E-state index in [1.165, 1.54) is 34.9 Å². The molecule has 0 saturated carbocycles. The standard InChI is InChI=1S/C23H22F2N4O2/c1-16-14-21(30)29(23(26-16)17-2-4-18(24)5-3-17)15-22(31)28-12-10-27(11-13-28)20-8-6-19(25)7-9-20/h2-9,14H,10-13,15H2,1H3. The average Bonchev–Trinajstić information content (AvgIpc) is 2.76. The molecule has 0 spiro atoms. The summed E-state index contributed by atoms with van der Waals surface area (Å²) in [6, 6.07) is 13.3. The lowest BCUT2D eigenvalue weighted by atomic mass is 10.2. The van der Waals surface area contributed by atoms with Gasteiger partial charge in [0, 0.05) is 49.2 Å². The van der Waals surface area contributed by atoms with Crippen molar-refractivity contribution >= 4 is 11.6 Å².